The SMILES string of the molecule is C=CC(=O)N1CC2(CC(n3nc(-c4ccc(C(C)OC)cc4)c(C(N)=O)c3N)C2)C1.C=CC(=O)N1CC2(CC(n3nc(-c4ccc(C(C)OCC)cc4)c(C(N)=O)c3N)C2)C1.C=CC(=O)N1CC2(CC(n3nc(-c4ccc(COC)cc4)c(C(N)=O)c3N)C2)C1. The molecule has 3 aliphatic carbocycles. The quantitative estimate of drug-likeness (QED) is 0.0460. The van der Waals surface area contributed by atoms with Crippen LogP contribution in [0.15, 0.2) is 111 Å². The highest BCUT2D eigenvalue weighted by molar-refractivity contribution is 6.05. The number of likely N-dealkylation sites (tertiary alicyclic amines) is 3. The van der Waals surface area contributed by atoms with Gasteiger partial charge in [0.2, 0.25) is 17.7 Å². The molecule has 24 heteroatoms. The third-order valence-electron chi connectivity index (χ3n) is 18.9. The van der Waals surface area contributed by atoms with Gasteiger partial charge in [-0.2, -0.15) is 15.3 Å². The summed E-state index contributed by atoms with van der Waals surface area (Å²) in [5.41, 5.74) is 43.8. The number of nitrogens with zero attached hydrogens (tertiary/aromatic N) is 9. The van der Waals surface area contributed by atoms with Crippen molar-refractivity contribution < 1.29 is 43.0 Å². The molecule has 3 saturated carbocycles. The van der Waals surface area contributed by atoms with E-state index in [4.69, 9.17) is 53.7 Å². The van der Waals surface area contributed by atoms with Crippen LogP contribution in [0.1, 0.15) is 137 Å². The van der Waals surface area contributed by atoms with Crippen molar-refractivity contribution in [3.8, 4) is 33.8 Å². The smallest absolute Gasteiger partial charge is 0.254 e. The summed E-state index contributed by atoms with van der Waals surface area (Å²) in [6, 6.07) is 23.3. The Balaban J connectivity index is 0.000000149. The third-order valence-corrected chi connectivity index (χ3v) is 18.9. The van der Waals surface area contributed by atoms with Gasteiger partial charge in [-0.1, -0.05) is 92.5 Å². The number of benzene rings is 3. The molecule has 6 aliphatic rings. The largest absolute Gasteiger partial charge is 0.383 e. The van der Waals surface area contributed by atoms with Crippen molar-refractivity contribution in [1.29, 1.82) is 0 Å². The number of carbonyl (C=O) groups excluding carboxylic acids is 6. The first kappa shape index (κ1) is 63.6. The third kappa shape index (κ3) is 12.0. The number of methoxy groups -OCH3 is 2. The van der Waals surface area contributed by atoms with Gasteiger partial charge in [0.15, 0.2) is 0 Å². The van der Waals surface area contributed by atoms with Gasteiger partial charge < -0.3 is 63.3 Å². The molecule has 0 radical (unpaired) electrons. The van der Waals surface area contributed by atoms with Gasteiger partial charge in [0, 0.05) is 93.0 Å². The molecule has 3 aromatic heterocycles. The molecular weight excluding hydrogens is 1150 g/mol. The number of hydrogen-bond donors (Lipinski definition) is 6. The van der Waals surface area contributed by atoms with Crippen molar-refractivity contribution in [1.82, 2.24) is 44.0 Å². The Morgan fingerprint density at radius 1 is 0.511 bits per heavy atom. The Bertz CT molecular complexity index is 3750. The molecule has 3 spiro atoms. The van der Waals surface area contributed by atoms with Crippen LogP contribution in [0.5, 0.6) is 0 Å². The normalized spacial score (nSPS) is 18.2. The van der Waals surface area contributed by atoms with Crippen LogP contribution >= 0.6 is 0 Å². The predicted octanol–water partition coefficient (Wildman–Crippen LogP) is 6.69. The van der Waals surface area contributed by atoms with Gasteiger partial charge in [0.1, 0.15) is 51.2 Å². The average Bonchev–Trinajstić information content (AvgIpc) is 1.20. The number of aromatic nitrogens is 6. The minimum absolute atomic E-state index is 0.0153. The zero-order chi connectivity index (χ0) is 64.7. The van der Waals surface area contributed by atoms with Crippen molar-refractivity contribution in [3.05, 3.63) is 144 Å². The fraction of sp³-hybridized carbons (Fsp3) is 0.409. The van der Waals surface area contributed by atoms with E-state index >= 15 is 0 Å². The molecule has 24 nitrogen and oxygen atoms in total. The second kappa shape index (κ2) is 25.2. The van der Waals surface area contributed by atoms with E-state index in [0.717, 1.165) is 111 Å². The molecule has 6 fully saturated rings. The van der Waals surface area contributed by atoms with Crippen LogP contribution in [-0.2, 0) is 35.2 Å². The number of carbonyl (C=O) groups is 6. The fourth-order valence-corrected chi connectivity index (χ4v) is 14.0. The van der Waals surface area contributed by atoms with Crippen LogP contribution in [0.3, 0.4) is 0 Å². The standard InChI is InChI=1S/C23H29N5O3.C22H27N5O3.C21H25N5O3/c1-4-18(29)27-12-23(13-27)10-17(11-23)28-21(24)19(22(25)30)20(26-28)16-8-6-15(7-9-16)14(3)31-5-2;1-4-17(28)26-11-22(12-26)9-16(10-22)27-20(23)18(21(24)29)19(25-27)15-7-5-14(6-8-15)13(2)30-3;1-3-16(27)25-11-21(12-25)8-15(9-21)26-19(22)17(20(23)28)18(24-26)14-6-4-13(5-7-14)10-29-2/h4,6-9,14,17H,1,5,10-13,24H2,2-3H3,(H2,25,30);4-8,13,16H,1,9-12,23H2,2-3H3,(H2,24,29);3-7,15H,1,8-12,22H2,2H3,(H2,23,28). The van der Waals surface area contributed by atoms with E-state index in [0.29, 0.717) is 47.7 Å². The number of primary amides is 3. The number of hydrogen-bond acceptors (Lipinski definition) is 15. The highest BCUT2D eigenvalue weighted by Crippen LogP contribution is 2.57. The molecule has 2 atom stereocenters. The van der Waals surface area contributed by atoms with Crippen molar-refractivity contribution in [2.24, 2.45) is 33.4 Å². The summed E-state index contributed by atoms with van der Waals surface area (Å²) < 4.78 is 21.3. The van der Waals surface area contributed by atoms with E-state index in [1.165, 1.54) is 18.2 Å². The molecule has 6 amide bonds. The van der Waals surface area contributed by atoms with E-state index in [1.807, 2.05) is 93.6 Å². The van der Waals surface area contributed by atoms with Crippen LogP contribution in [0, 0.1) is 16.2 Å². The number of nitrogens with two attached hydrogens (primary N) is 6. The Labute approximate surface area is 522 Å². The number of anilines is 3. The van der Waals surface area contributed by atoms with Gasteiger partial charge in [0.05, 0.1) is 36.9 Å². The highest BCUT2D eigenvalue weighted by atomic mass is 16.5. The van der Waals surface area contributed by atoms with Gasteiger partial charge >= 0.3 is 0 Å². The molecule has 90 heavy (non-hydrogen) atoms. The summed E-state index contributed by atoms with van der Waals surface area (Å²) in [5.74, 6) is -0.989. The van der Waals surface area contributed by atoms with Gasteiger partial charge in [-0.05, 0) is 94.2 Å². The molecule has 12 rings (SSSR count). The zero-order valence-corrected chi connectivity index (χ0v) is 51.7. The van der Waals surface area contributed by atoms with Crippen molar-refractivity contribution in [2.75, 3.05) is 77.3 Å². The maximum atomic E-state index is 12.2. The van der Waals surface area contributed by atoms with Crippen LogP contribution in [0.4, 0.5) is 17.5 Å². The Hall–Kier alpha value is -9.39. The number of ether oxygens (including phenoxy) is 3. The van der Waals surface area contributed by atoms with Crippen LogP contribution in [-0.4, -0.2) is 140 Å². The second-order valence-electron chi connectivity index (χ2n) is 25.0. The summed E-state index contributed by atoms with van der Waals surface area (Å²) in [6.45, 7) is 22.0. The lowest BCUT2D eigenvalue weighted by atomic mass is 9.60. The van der Waals surface area contributed by atoms with E-state index in [-0.39, 0.29) is 81.0 Å². The van der Waals surface area contributed by atoms with Gasteiger partial charge in [-0.25, -0.2) is 14.0 Å². The van der Waals surface area contributed by atoms with E-state index in [2.05, 4.69) is 29.9 Å². The molecule has 12 N–H and O–H groups in total. The maximum Gasteiger partial charge on any atom is 0.254 e. The zero-order valence-electron chi connectivity index (χ0n) is 51.7. The Morgan fingerprint density at radius 3 is 1.06 bits per heavy atom. The number of rotatable bonds is 19. The monoisotopic (exact) mass is 1230 g/mol. The second-order valence-corrected chi connectivity index (χ2v) is 25.0. The van der Waals surface area contributed by atoms with Crippen molar-refractivity contribution in [2.45, 2.75) is 96.2 Å². The molecule has 474 valence electrons. The highest BCUT2D eigenvalue weighted by Gasteiger charge is 2.57. The molecular formula is C66H81N15O9. The lowest BCUT2D eigenvalue weighted by molar-refractivity contribution is -0.149. The van der Waals surface area contributed by atoms with Crippen molar-refractivity contribution in [3.63, 3.8) is 0 Å². The predicted molar refractivity (Wildman–Crippen MR) is 340 cm³/mol. The summed E-state index contributed by atoms with van der Waals surface area (Å²) in [4.78, 5) is 76.9. The first-order valence-electron chi connectivity index (χ1n) is 30.1. The van der Waals surface area contributed by atoms with Crippen LogP contribution < -0.4 is 34.4 Å². The average molecular weight is 1230 g/mol. The van der Waals surface area contributed by atoms with E-state index in [1.54, 1.807) is 43.0 Å². The van der Waals surface area contributed by atoms with Crippen molar-refractivity contribution >= 4 is 52.9 Å². The van der Waals surface area contributed by atoms with Crippen LogP contribution in [0.2, 0.25) is 0 Å². The number of nitrogen functional groups attached to an aromatic ring is 3. The van der Waals surface area contributed by atoms with Gasteiger partial charge in [-0.15, -0.1) is 0 Å². The number of amides is 6. The topological polar surface area (TPSA) is 349 Å². The van der Waals surface area contributed by atoms with Crippen LogP contribution in [0.25, 0.3) is 33.8 Å². The fourth-order valence-electron chi connectivity index (χ4n) is 14.0. The minimum Gasteiger partial charge on any atom is -0.383 e. The maximum absolute atomic E-state index is 12.2. The molecule has 2 unspecified atom stereocenters. The lowest BCUT2D eigenvalue weighted by Crippen LogP contribution is -2.63. The summed E-state index contributed by atoms with van der Waals surface area (Å²) >= 11 is 0. The summed E-state index contributed by atoms with van der Waals surface area (Å²) in [5, 5.41) is 14.0. The molecule has 0 bridgehead atoms. The van der Waals surface area contributed by atoms with Gasteiger partial charge in [-0.3, -0.25) is 28.8 Å². The summed E-state index contributed by atoms with van der Waals surface area (Å²) in [7, 11) is 3.30. The Morgan fingerprint density at radius 2 is 0.800 bits per heavy atom. The van der Waals surface area contributed by atoms with E-state index in [9.17, 15) is 28.8 Å². The lowest BCUT2D eigenvalue weighted by Gasteiger charge is -2.58. The minimum atomic E-state index is -0.594. The first-order valence-corrected chi connectivity index (χ1v) is 30.1. The molecule has 3 aromatic carbocycles. The van der Waals surface area contributed by atoms with Gasteiger partial charge in [0.25, 0.3) is 17.7 Å². The molecule has 6 heterocycles. The molecule has 3 aliphatic heterocycles. The molecule has 3 saturated heterocycles. The van der Waals surface area contributed by atoms with E-state index < -0.39 is 17.7 Å². The Kier molecular flexibility index (Phi) is 17.8. The summed E-state index contributed by atoms with van der Waals surface area (Å²) in [6.07, 6.45) is 9.18. The molecule has 6 aromatic rings. The first-order chi connectivity index (χ1) is 42.9.